The molecule has 2 aliphatic rings. The van der Waals surface area contributed by atoms with Crippen molar-refractivity contribution in [1.29, 1.82) is 0 Å². The van der Waals surface area contributed by atoms with Crippen molar-refractivity contribution in [1.82, 2.24) is 25.0 Å². The minimum Gasteiger partial charge on any atom is -0.377 e. The second kappa shape index (κ2) is 8.21. The normalized spacial score (nSPS) is 18.4. The summed E-state index contributed by atoms with van der Waals surface area (Å²) in [6.45, 7) is 4.02. The standard InChI is InChI=1S/C24H24FN7O2/c1-14-13-34-9-8-31(14)22-11-17(18-12-27-32(23(18)29-22)21-6-7-26-30-21)16-4-5-20(19(25)10-16)28-24(33)15-2-3-15/h4-7,10-12,14-15H,2-3,8-9,13H2,1H3,(H,26,30)(H,28,33)/t14-/m1/s1. The predicted molar refractivity (Wildman–Crippen MR) is 125 cm³/mol. The maximum absolute atomic E-state index is 15.0. The third kappa shape index (κ3) is 3.69. The van der Waals surface area contributed by atoms with Gasteiger partial charge in [0.1, 0.15) is 11.6 Å². The van der Waals surface area contributed by atoms with Crippen LogP contribution in [0.25, 0.3) is 28.0 Å². The van der Waals surface area contributed by atoms with Crippen LogP contribution >= 0.6 is 0 Å². The molecule has 1 saturated carbocycles. The monoisotopic (exact) mass is 461 g/mol. The number of nitrogens with zero attached hydrogens (tertiary/aromatic N) is 5. The number of carbonyl (C=O) groups is 1. The van der Waals surface area contributed by atoms with Crippen molar-refractivity contribution < 1.29 is 13.9 Å². The second-order valence-electron chi connectivity index (χ2n) is 8.83. The van der Waals surface area contributed by atoms with Gasteiger partial charge in [-0.3, -0.25) is 9.89 Å². The number of carbonyl (C=O) groups excluding carboxylic acids is 1. The Morgan fingerprint density at radius 1 is 1.24 bits per heavy atom. The molecule has 9 nitrogen and oxygen atoms in total. The van der Waals surface area contributed by atoms with Crippen LogP contribution in [0, 0.1) is 11.7 Å². The molecule has 34 heavy (non-hydrogen) atoms. The van der Waals surface area contributed by atoms with Gasteiger partial charge in [0.2, 0.25) is 5.91 Å². The number of aromatic nitrogens is 5. The fourth-order valence-corrected chi connectivity index (χ4v) is 4.34. The number of halogens is 1. The number of pyridine rings is 1. The molecule has 2 N–H and O–H groups in total. The topological polar surface area (TPSA) is 101 Å². The first-order valence-corrected chi connectivity index (χ1v) is 11.4. The quantitative estimate of drug-likeness (QED) is 0.472. The van der Waals surface area contributed by atoms with Crippen LogP contribution in [-0.2, 0) is 9.53 Å². The van der Waals surface area contributed by atoms with Gasteiger partial charge in [-0.2, -0.15) is 14.9 Å². The summed E-state index contributed by atoms with van der Waals surface area (Å²) in [5.41, 5.74) is 2.31. The molecule has 2 fully saturated rings. The highest BCUT2D eigenvalue weighted by Gasteiger charge is 2.30. The van der Waals surface area contributed by atoms with Crippen LogP contribution in [0.5, 0.6) is 0 Å². The number of benzene rings is 1. The number of amides is 1. The number of aromatic amines is 1. The molecule has 4 heterocycles. The molecular formula is C24H24FN7O2. The molecule has 1 atom stereocenters. The number of ether oxygens (including phenoxy) is 1. The van der Waals surface area contributed by atoms with Crippen molar-refractivity contribution >= 4 is 28.4 Å². The highest BCUT2D eigenvalue weighted by molar-refractivity contribution is 5.97. The highest BCUT2D eigenvalue weighted by Crippen LogP contribution is 2.35. The van der Waals surface area contributed by atoms with Gasteiger partial charge in [-0.05, 0) is 49.1 Å². The molecule has 0 radical (unpaired) electrons. The number of H-pyrrole nitrogens is 1. The second-order valence-corrected chi connectivity index (χ2v) is 8.83. The first-order valence-electron chi connectivity index (χ1n) is 11.4. The van der Waals surface area contributed by atoms with Crippen LogP contribution in [0.15, 0.2) is 42.7 Å². The van der Waals surface area contributed by atoms with E-state index in [1.54, 1.807) is 23.1 Å². The van der Waals surface area contributed by atoms with E-state index in [0.29, 0.717) is 36.8 Å². The molecule has 4 aromatic rings. The minimum atomic E-state index is -0.475. The Bertz CT molecular complexity index is 1360. The van der Waals surface area contributed by atoms with Crippen molar-refractivity contribution in [3.8, 4) is 16.9 Å². The molecule has 6 rings (SSSR count). The molecule has 3 aromatic heterocycles. The molecule has 1 aliphatic carbocycles. The number of anilines is 2. The zero-order valence-corrected chi connectivity index (χ0v) is 18.7. The lowest BCUT2D eigenvalue weighted by molar-refractivity contribution is -0.117. The van der Waals surface area contributed by atoms with Crippen LogP contribution in [-0.4, -0.2) is 56.7 Å². The summed E-state index contributed by atoms with van der Waals surface area (Å²) in [5, 5.41) is 15.0. The molecule has 0 bridgehead atoms. The maximum Gasteiger partial charge on any atom is 0.227 e. The van der Waals surface area contributed by atoms with Gasteiger partial charge >= 0.3 is 0 Å². The van der Waals surface area contributed by atoms with Gasteiger partial charge < -0.3 is 15.0 Å². The summed E-state index contributed by atoms with van der Waals surface area (Å²) in [4.78, 5) is 19.2. The minimum absolute atomic E-state index is 0.00449. The number of morpholine rings is 1. The molecule has 1 aromatic carbocycles. The Balaban J connectivity index is 1.46. The first kappa shape index (κ1) is 20.8. The van der Waals surface area contributed by atoms with Crippen molar-refractivity contribution in [2.24, 2.45) is 5.92 Å². The summed E-state index contributed by atoms with van der Waals surface area (Å²) in [6.07, 6.45) is 5.17. The molecule has 174 valence electrons. The van der Waals surface area contributed by atoms with Gasteiger partial charge in [-0.25, -0.2) is 9.37 Å². The average Bonchev–Trinajstić information content (AvgIpc) is 3.39. The Hall–Kier alpha value is -3.79. The van der Waals surface area contributed by atoms with E-state index in [1.165, 1.54) is 6.07 Å². The fraction of sp³-hybridized carbons (Fsp3) is 0.333. The van der Waals surface area contributed by atoms with Crippen LogP contribution in [0.1, 0.15) is 19.8 Å². The van der Waals surface area contributed by atoms with E-state index in [-0.39, 0.29) is 23.6 Å². The van der Waals surface area contributed by atoms with Gasteiger partial charge in [0.05, 0.1) is 31.1 Å². The van der Waals surface area contributed by atoms with Crippen molar-refractivity contribution in [3.63, 3.8) is 0 Å². The third-order valence-corrected chi connectivity index (χ3v) is 6.38. The average molecular weight is 462 g/mol. The van der Waals surface area contributed by atoms with Gasteiger partial charge in [0, 0.05) is 30.1 Å². The third-order valence-electron chi connectivity index (χ3n) is 6.38. The van der Waals surface area contributed by atoms with Crippen molar-refractivity contribution in [2.45, 2.75) is 25.8 Å². The van der Waals surface area contributed by atoms with Crippen molar-refractivity contribution in [2.75, 3.05) is 30.0 Å². The van der Waals surface area contributed by atoms with Crippen LogP contribution in [0.3, 0.4) is 0 Å². The van der Waals surface area contributed by atoms with Gasteiger partial charge in [0.25, 0.3) is 0 Å². The Labute approximate surface area is 194 Å². The Kier molecular flexibility index (Phi) is 5.02. The zero-order chi connectivity index (χ0) is 23.2. The van der Waals surface area contributed by atoms with Crippen LogP contribution in [0.2, 0.25) is 0 Å². The Morgan fingerprint density at radius 2 is 2.12 bits per heavy atom. The molecule has 10 heteroatoms. The van der Waals surface area contributed by atoms with Crippen LogP contribution < -0.4 is 10.2 Å². The summed E-state index contributed by atoms with van der Waals surface area (Å²) in [7, 11) is 0. The van der Waals surface area contributed by atoms with E-state index in [2.05, 4.69) is 32.4 Å². The lowest BCUT2D eigenvalue weighted by Gasteiger charge is -2.34. The largest absolute Gasteiger partial charge is 0.377 e. The van der Waals surface area contributed by atoms with Gasteiger partial charge in [-0.1, -0.05) is 6.07 Å². The van der Waals surface area contributed by atoms with Gasteiger partial charge in [0.15, 0.2) is 11.5 Å². The lowest BCUT2D eigenvalue weighted by atomic mass is 10.0. The SMILES string of the molecule is C[C@@H]1COCCN1c1cc(-c2ccc(NC(=O)C3CC3)c(F)c2)c2cnn(-c3cc[nH]n3)c2n1. The van der Waals surface area contributed by atoms with E-state index < -0.39 is 5.82 Å². The van der Waals surface area contributed by atoms with E-state index in [0.717, 1.165) is 29.6 Å². The molecule has 0 unspecified atom stereocenters. The summed E-state index contributed by atoms with van der Waals surface area (Å²) >= 11 is 0. The highest BCUT2D eigenvalue weighted by atomic mass is 19.1. The number of nitrogens with one attached hydrogen (secondary N) is 2. The predicted octanol–water partition coefficient (Wildman–Crippen LogP) is 3.52. The van der Waals surface area contributed by atoms with Crippen LogP contribution in [0.4, 0.5) is 15.9 Å². The maximum atomic E-state index is 15.0. The lowest BCUT2D eigenvalue weighted by Crippen LogP contribution is -2.44. The fourth-order valence-electron chi connectivity index (χ4n) is 4.34. The summed E-state index contributed by atoms with van der Waals surface area (Å²) in [5.74, 6) is 0.788. The molecule has 1 saturated heterocycles. The number of hydrogen-bond donors (Lipinski definition) is 2. The first-order chi connectivity index (χ1) is 16.6. The smallest absolute Gasteiger partial charge is 0.227 e. The molecule has 1 aliphatic heterocycles. The Morgan fingerprint density at radius 3 is 2.85 bits per heavy atom. The molecule has 1 amide bonds. The number of hydrogen-bond acceptors (Lipinski definition) is 6. The van der Waals surface area contributed by atoms with E-state index in [9.17, 15) is 4.79 Å². The number of rotatable bonds is 5. The van der Waals surface area contributed by atoms with E-state index >= 15 is 4.39 Å². The van der Waals surface area contributed by atoms with E-state index in [1.807, 2.05) is 18.2 Å². The zero-order valence-electron chi connectivity index (χ0n) is 18.7. The molecular weight excluding hydrogens is 437 g/mol. The van der Waals surface area contributed by atoms with Crippen molar-refractivity contribution in [3.05, 3.63) is 48.5 Å². The summed E-state index contributed by atoms with van der Waals surface area (Å²) in [6, 6.07) is 8.82. The van der Waals surface area contributed by atoms with Gasteiger partial charge in [-0.15, -0.1) is 0 Å². The molecule has 0 spiro atoms. The number of fused-ring (bicyclic) bond motifs is 1. The summed E-state index contributed by atoms with van der Waals surface area (Å²) < 4.78 is 22.3. The van der Waals surface area contributed by atoms with E-state index in [4.69, 9.17) is 9.72 Å².